The van der Waals surface area contributed by atoms with Crippen LogP contribution in [0.2, 0.25) is 0 Å². The van der Waals surface area contributed by atoms with Crippen LogP contribution in [-0.2, 0) is 4.79 Å². The average molecular weight is 421 g/mol. The zero-order valence-electron chi connectivity index (χ0n) is 19.4. The molecule has 1 unspecified atom stereocenters. The third kappa shape index (κ3) is 11.7. The van der Waals surface area contributed by atoms with Crippen molar-refractivity contribution in [2.24, 2.45) is 10.7 Å². The first kappa shape index (κ1) is 26.6. The van der Waals surface area contributed by atoms with Crippen LogP contribution in [0.1, 0.15) is 103 Å². The zero-order chi connectivity index (χ0) is 21.9. The Balaban J connectivity index is 2.01. The lowest BCUT2D eigenvalue weighted by Crippen LogP contribution is -2.52. The Hall–Kier alpha value is -1.46. The minimum absolute atomic E-state index is 0.0379. The standard InChI is InChI=1S/C25H45N3O2/c1-2-3-4-5-6-7-8-9-10-11-12-13-14-15-16-17-18-24-27-20-22-28(24,21-19-26)23-25(29)30/h11-12,20,22H,2-10,13-19,21,23,26H2,1H3/p+1/b12-11+. The van der Waals surface area contributed by atoms with Gasteiger partial charge in [0.05, 0.1) is 6.20 Å². The van der Waals surface area contributed by atoms with Gasteiger partial charge in [-0.15, -0.1) is 0 Å². The fourth-order valence-electron chi connectivity index (χ4n) is 4.16. The van der Waals surface area contributed by atoms with Crippen LogP contribution in [-0.4, -0.2) is 41.0 Å². The van der Waals surface area contributed by atoms with Crippen LogP contribution in [0.4, 0.5) is 0 Å². The smallest absolute Gasteiger partial charge is 0.360 e. The van der Waals surface area contributed by atoms with Crippen molar-refractivity contribution in [3.63, 3.8) is 0 Å². The SMILES string of the molecule is CCCCCCCCCC/C=C/CCCCCCC1=NC=C[N+]1(CCN)CC(=O)O. The predicted molar refractivity (Wildman–Crippen MR) is 127 cm³/mol. The highest BCUT2D eigenvalue weighted by molar-refractivity contribution is 5.81. The summed E-state index contributed by atoms with van der Waals surface area (Å²) in [6.07, 6.45) is 27.4. The molecule has 30 heavy (non-hydrogen) atoms. The molecule has 1 aliphatic rings. The molecule has 0 fully saturated rings. The molecule has 5 heteroatoms. The van der Waals surface area contributed by atoms with Gasteiger partial charge in [-0.1, -0.05) is 76.9 Å². The second-order valence-electron chi connectivity index (χ2n) is 8.63. The topological polar surface area (TPSA) is 75.7 Å². The molecular weight excluding hydrogens is 374 g/mol. The van der Waals surface area contributed by atoms with E-state index in [9.17, 15) is 9.90 Å². The number of carbonyl (C=O) groups is 1. The summed E-state index contributed by atoms with van der Waals surface area (Å²) in [5.41, 5.74) is 5.72. The molecule has 0 aromatic rings. The summed E-state index contributed by atoms with van der Waals surface area (Å²) in [5.74, 6) is 0.148. The molecule has 0 spiro atoms. The molecule has 0 aromatic heterocycles. The minimum atomic E-state index is -0.804. The number of hydrogen-bond acceptors (Lipinski definition) is 3. The molecule has 0 amide bonds. The fourth-order valence-corrected chi connectivity index (χ4v) is 4.16. The fraction of sp³-hybridized carbons (Fsp3) is 0.760. The number of rotatable bonds is 20. The largest absolute Gasteiger partial charge is 0.477 e. The van der Waals surface area contributed by atoms with Gasteiger partial charge in [-0.05, 0) is 32.1 Å². The van der Waals surface area contributed by atoms with Crippen LogP contribution in [0.15, 0.2) is 29.5 Å². The van der Waals surface area contributed by atoms with Crippen molar-refractivity contribution in [1.29, 1.82) is 0 Å². The summed E-state index contributed by atoms with van der Waals surface area (Å²) in [6.45, 7) is 3.37. The van der Waals surface area contributed by atoms with Gasteiger partial charge in [0.25, 0.3) is 0 Å². The van der Waals surface area contributed by atoms with Crippen LogP contribution in [0.25, 0.3) is 0 Å². The number of aliphatic imine (C=N–C) groups is 1. The molecule has 3 N–H and O–H groups in total. The van der Waals surface area contributed by atoms with Gasteiger partial charge in [-0.3, -0.25) is 0 Å². The molecular formula is C25H46N3O2+. The first-order valence-corrected chi connectivity index (χ1v) is 12.3. The third-order valence-electron chi connectivity index (χ3n) is 5.95. The van der Waals surface area contributed by atoms with Gasteiger partial charge in [-0.25, -0.2) is 14.3 Å². The Kier molecular flexibility index (Phi) is 15.3. The molecule has 0 bridgehead atoms. The van der Waals surface area contributed by atoms with Gasteiger partial charge in [0.1, 0.15) is 12.7 Å². The van der Waals surface area contributed by atoms with Gasteiger partial charge >= 0.3 is 5.97 Å². The number of carboxylic acids is 1. The summed E-state index contributed by atoms with van der Waals surface area (Å²) < 4.78 is 0.299. The van der Waals surface area contributed by atoms with Crippen molar-refractivity contribution in [2.75, 3.05) is 19.6 Å². The highest BCUT2D eigenvalue weighted by atomic mass is 16.4. The van der Waals surface area contributed by atoms with Crippen molar-refractivity contribution < 1.29 is 14.4 Å². The van der Waals surface area contributed by atoms with E-state index >= 15 is 0 Å². The maximum Gasteiger partial charge on any atom is 0.360 e. The van der Waals surface area contributed by atoms with Gasteiger partial charge in [0, 0.05) is 13.0 Å². The van der Waals surface area contributed by atoms with E-state index < -0.39 is 5.97 Å². The summed E-state index contributed by atoms with van der Waals surface area (Å²) in [7, 11) is 0. The highest BCUT2D eigenvalue weighted by Crippen LogP contribution is 2.21. The Morgan fingerprint density at radius 2 is 1.53 bits per heavy atom. The van der Waals surface area contributed by atoms with Crippen molar-refractivity contribution in [2.45, 2.75) is 103 Å². The van der Waals surface area contributed by atoms with E-state index in [1.54, 1.807) is 6.20 Å². The number of amidine groups is 1. The van der Waals surface area contributed by atoms with Crippen LogP contribution >= 0.6 is 0 Å². The van der Waals surface area contributed by atoms with E-state index in [0.29, 0.717) is 17.6 Å². The molecule has 0 saturated carbocycles. The molecule has 0 saturated heterocycles. The van der Waals surface area contributed by atoms with Crippen LogP contribution in [0.5, 0.6) is 0 Å². The number of quaternary nitrogens is 1. The van der Waals surface area contributed by atoms with Crippen molar-refractivity contribution in [1.82, 2.24) is 0 Å². The number of hydrogen-bond donors (Lipinski definition) is 2. The van der Waals surface area contributed by atoms with Gasteiger partial charge in [0.2, 0.25) is 5.84 Å². The third-order valence-corrected chi connectivity index (χ3v) is 5.95. The Morgan fingerprint density at radius 1 is 0.967 bits per heavy atom. The second kappa shape index (κ2) is 17.2. The Morgan fingerprint density at radius 3 is 2.10 bits per heavy atom. The van der Waals surface area contributed by atoms with Crippen LogP contribution in [0.3, 0.4) is 0 Å². The number of allylic oxidation sites excluding steroid dienone is 2. The van der Waals surface area contributed by atoms with E-state index in [1.807, 2.05) is 6.20 Å². The molecule has 172 valence electrons. The molecule has 5 nitrogen and oxygen atoms in total. The lowest BCUT2D eigenvalue weighted by Gasteiger charge is -2.30. The zero-order valence-corrected chi connectivity index (χ0v) is 19.4. The van der Waals surface area contributed by atoms with Gasteiger partial charge < -0.3 is 10.8 Å². The molecule has 0 radical (unpaired) electrons. The van der Waals surface area contributed by atoms with E-state index in [0.717, 1.165) is 18.7 Å². The van der Waals surface area contributed by atoms with Crippen molar-refractivity contribution in [3.8, 4) is 0 Å². The Labute approximate surface area is 184 Å². The summed E-state index contributed by atoms with van der Waals surface area (Å²) in [4.78, 5) is 15.7. The van der Waals surface area contributed by atoms with Crippen LogP contribution < -0.4 is 5.73 Å². The minimum Gasteiger partial charge on any atom is -0.477 e. The number of nitrogens with zero attached hydrogens (tertiary/aromatic N) is 2. The lowest BCUT2D eigenvalue weighted by atomic mass is 10.1. The first-order valence-electron chi connectivity index (χ1n) is 12.3. The average Bonchev–Trinajstić information content (AvgIpc) is 3.09. The number of aliphatic carboxylic acids is 1. The predicted octanol–water partition coefficient (Wildman–Crippen LogP) is 6.16. The Bertz CT molecular complexity index is 543. The maximum atomic E-state index is 11.3. The van der Waals surface area contributed by atoms with Crippen molar-refractivity contribution >= 4 is 11.8 Å². The quantitative estimate of drug-likeness (QED) is 0.141. The van der Waals surface area contributed by atoms with Crippen LogP contribution in [0, 0.1) is 0 Å². The van der Waals surface area contributed by atoms with Gasteiger partial charge in [-0.2, -0.15) is 0 Å². The molecule has 1 rings (SSSR count). The molecule has 1 aliphatic heterocycles. The van der Waals surface area contributed by atoms with E-state index in [2.05, 4.69) is 24.1 Å². The molecule has 0 aromatic carbocycles. The summed E-state index contributed by atoms with van der Waals surface area (Å²) in [6, 6.07) is 0. The first-order chi connectivity index (χ1) is 14.6. The number of carboxylic acid groups (broad SMARTS) is 1. The lowest BCUT2D eigenvalue weighted by molar-refractivity contribution is -0.778. The molecule has 0 aliphatic carbocycles. The molecule has 1 atom stereocenters. The summed E-state index contributed by atoms with van der Waals surface area (Å²) >= 11 is 0. The monoisotopic (exact) mass is 420 g/mol. The van der Waals surface area contributed by atoms with E-state index in [1.165, 1.54) is 83.5 Å². The summed E-state index contributed by atoms with van der Waals surface area (Å²) in [5, 5.41) is 9.24. The number of nitrogens with two attached hydrogens (primary N) is 1. The highest BCUT2D eigenvalue weighted by Gasteiger charge is 2.36. The second-order valence-corrected chi connectivity index (χ2v) is 8.63. The number of unbranched alkanes of at least 4 members (excludes halogenated alkanes) is 12. The molecule has 1 heterocycles. The van der Waals surface area contributed by atoms with Crippen molar-refractivity contribution in [3.05, 3.63) is 24.6 Å². The van der Waals surface area contributed by atoms with Gasteiger partial charge in [0.15, 0.2) is 6.54 Å². The maximum absolute atomic E-state index is 11.3. The van der Waals surface area contributed by atoms with E-state index in [4.69, 9.17) is 5.73 Å². The normalized spacial score (nSPS) is 18.4. The van der Waals surface area contributed by atoms with E-state index in [-0.39, 0.29) is 6.54 Å².